The van der Waals surface area contributed by atoms with Gasteiger partial charge in [-0.15, -0.1) is 0 Å². The lowest BCUT2D eigenvalue weighted by Gasteiger charge is -2.36. The second kappa shape index (κ2) is 8.41. The highest BCUT2D eigenvalue weighted by Gasteiger charge is 2.64. The van der Waals surface area contributed by atoms with Gasteiger partial charge in [-0.1, -0.05) is 64.5 Å². The molecule has 3 aromatic carbocycles. The third kappa shape index (κ3) is 3.63. The van der Waals surface area contributed by atoms with E-state index in [-0.39, 0.29) is 11.5 Å². The molecular weight excluding hydrogens is 549 g/mol. The molecule has 0 unspecified atom stereocenters. The van der Waals surface area contributed by atoms with Crippen LogP contribution in [0.25, 0.3) is 6.08 Å². The van der Waals surface area contributed by atoms with E-state index in [1.807, 2.05) is 35.2 Å². The number of amides is 2. The number of nitrogens with zero attached hydrogens (tertiary/aromatic N) is 2. The SMILES string of the molecule is O=C(c1ccc(Br)cc1)[C@@H]1[C@@H]2C(=O)N(c3cccc(C(F)(F)F)c3)C(=O)[C@H]2[C@@H]2C=Cc3ccccc3N12. The van der Waals surface area contributed by atoms with Crippen molar-refractivity contribution in [2.75, 3.05) is 9.80 Å². The molecule has 5 nitrogen and oxygen atoms in total. The lowest BCUT2D eigenvalue weighted by Crippen LogP contribution is -2.48. The zero-order valence-corrected chi connectivity index (χ0v) is 20.6. The Balaban J connectivity index is 1.48. The first kappa shape index (κ1) is 23.7. The predicted octanol–water partition coefficient (Wildman–Crippen LogP) is 5.74. The summed E-state index contributed by atoms with van der Waals surface area (Å²) in [6.45, 7) is 0. The lowest BCUT2D eigenvalue weighted by atomic mass is 9.86. The highest BCUT2D eigenvalue weighted by atomic mass is 79.9. The number of ketones is 1. The number of para-hydroxylation sites is 1. The van der Waals surface area contributed by atoms with Gasteiger partial charge in [0, 0.05) is 15.7 Å². The molecule has 0 radical (unpaired) electrons. The number of carbonyl (C=O) groups excluding carboxylic acids is 3. The van der Waals surface area contributed by atoms with Gasteiger partial charge in [0.05, 0.1) is 29.1 Å². The molecule has 3 aromatic rings. The van der Waals surface area contributed by atoms with Gasteiger partial charge in [-0.25, -0.2) is 4.90 Å². The Morgan fingerprint density at radius 1 is 0.865 bits per heavy atom. The highest BCUT2D eigenvalue weighted by molar-refractivity contribution is 9.10. The summed E-state index contributed by atoms with van der Waals surface area (Å²) in [5.74, 6) is -3.60. The fourth-order valence-corrected chi connectivity index (χ4v) is 5.94. The molecule has 3 aliphatic heterocycles. The van der Waals surface area contributed by atoms with Crippen LogP contribution in [0.15, 0.2) is 83.3 Å². The topological polar surface area (TPSA) is 57.7 Å². The Bertz CT molecular complexity index is 1480. The molecule has 0 N–H and O–H groups in total. The van der Waals surface area contributed by atoms with E-state index >= 15 is 0 Å². The van der Waals surface area contributed by atoms with Crippen LogP contribution in [0.3, 0.4) is 0 Å². The zero-order chi connectivity index (χ0) is 26.1. The molecule has 0 bridgehead atoms. The van der Waals surface area contributed by atoms with Crippen LogP contribution >= 0.6 is 15.9 Å². The van der Waals surface area contributed by atoms with Gasteiger partial charge >= 0.3 is 6.18 Å². The number of anilines is 2. The Morgan fingerprint density at radius 3 is 2.30 bits per heavy atom. The number of Topliss-reactive ketones (excluding diaryl/α,β-unsaturated/α-hetero) is 1. The van der Waals surface area contributed by atoms with Gasteiger partial charge in [0.2, 0.25) is 11.8 Å². The number of alkyl halides is 3. The van der Waals surface area contributed by atoms with Crippen molar-refractivity contribution >= 4 is 51.0 Å². The first-order valence-electron chi connectivity index (χ1n) is 11.6. The molecule has 3 heterocycles. The summed E-state index contributed by atoms with van der Waals surface area (Å²) >= 11 is 3.35. The molecule has 2 saturated heterocycles. The third-order valence-corrected chi connectivity index (χ3v) is 7.77. The number of imide groups is 1. The fourth-order valence-electron chi connectivity index (χ4n) is 5.67. The second-order valence-electron chi connectivity index (χ2n) is 9.24. The maximum atomic E-state index is 13.9. The minimum Gasteiger partial charge on any atom is -0.352 e. The fraction of sp³-hybridized carbons (Fsp3) is 0.179. The average Bonchev–Trinajstić information content (AvgIpc) is 3.36. The molecule has 186 valence electrons. The summed E-state index contributed by atoms with van der Waals surface area (Å²) < 4.78 is 40.9. The molecule has 0 aliphatic carbocycles. The van der Waals surface area contributed by atoms with Gasteiger partial charge < -0.3 is 4.90 Å². The van der Waals surface area contributed by atoms with Gasteiger partial charge in [-0.3, -0.25) is 14.4 Å². The second-order valence-corrected chi connectivity index (χ2v) is 10.2. The maximum absolute atomic E-state index is 13.9. The van der Waals surface area contributed by atoms with Crippen LogP contribution < -0.4 is 9.80 Å². The van der Waals surface area contributed by atoms with E-state index in [0.29, 0.717) is 5.56 Å². The van der Waals surface area contributed by atoms with E-state index in [1.54, 1.807) is 30.3 Å². The average molecular weight is 567 g/mol. The summed E-state index contributed by atoms with van der Waals surface area (Å²) in [6.07, 6.45) is -0.981. The summed E-state index contributed by atoms with van der Waals surface area (Å²) in [7, 11) is 0. The maximum Gasteiger partial charge on any atom is 0.416 e. The number of hydrogen-bond donors (Lipinski definition) is 0. The number of rotatable bonds is 3. The molecule has 6 rings (SSSR count). The molecule has 3 aliphatic rings. The molecule has 2 fully saturated rings. The van der Waals surface area contributed by atoms with E-state index in [9.17, 15) is 27.6 Å². The van der Waals surface area contributed by atoms with E-state index in [0.717, 1.165) is 32.8 Å². The number of carbonyl (C=O) groups is 3. The summed E-state index contributed by atoms with van der Waals surface area (Å²) in [5, 5.41) is 0. The highest BCUT2D eigenvalue weighted by Crippen LogP contribution is 2.50. The van der Waals surface area contributed by atoms with Crippen molar-refractivity contribution in [3.8, 4) is 0 Å². The quantitative estimate of drug-likeness (QED) is 0.299. The third-order valence-electron chi connectivity index (χ3n) is 7.24. The van der Waals surface area contributed by atoms with E-state index in [4.69, 9.17) is 0 Å². The van der Waals surface area contributed by atoms with Crippen LogP contribution in [-0.4, -0.2) is 29.7 Å². The van der Waals surface area contributed by atoms with Crippen LogP contribution in [-0.2, 0) is 15.8 Å². The standard InChI is InChI=1S/C28H18BrF3N2O3/c29-18-11-8-16(9-12-18)25(35)24-23-22(21-13-10-15-4-1-2-7-20(15)34(21)24)26(36)33(27(23)37)19-6-3-5-17(14-19)28(30,31)32/h1-14,21-24H/t21-,22-,23+,24-/m0/s1. The number of hydrogen-bond acceptors (Lipinski definition) is 4. The number of halogens is 4. The van der Waals surface area contributed by atoms with E-state index in [1.165, 1.54) is 12.1 Å². The molecule has 4 atom stereocenters. The largest absolute Gasteiger partial charge is 0.416 e. The Hall–Kier alpha value is -3.72. The van der Waals surface area contributed by atoms with Gasteiger partial charge in [0.1, 0.15) is 6.04 Å². The summed E-state index contributed by atoms with van der Waals surface area (Å²) in [6, 6.07) is 16.7. The summed E-state index contributed by atoms with van der Waals surface area (Å²) in [5.41, 5.74) is 0.838. The molecular formula is C28H18BrF3N2O3. The van der Waals surface area contributed by atoms with Crippen molar-refractivity contribution in [3.05, 3.63) is 100 Å². The molecule has 0 spiro atoms. The van der Waals surface area contributed by atoms with E-state index in [2.05, 4.69) is 15.9 Å². The van der Waals surface area contributed by atoms with Crippen LogP contribution in [0.4, 0.5) is 24.5 Å². The molecule has 0 saturated carbocycles. The minimum atomic E-state index is -4.63. The van der Waals surface area contributed by atoms with Gasteiger partial charge in [0.15, 0.2) is 5.78 Å². The van der Waals surface area contributed by atoms with Gasteiger partial charge in [-0.2, -0.15) is 13.2 Å². The van der Waals surface area contributed by atoms with Crippen molar-refractivity contribution in [3.63, 3.8) is 0 Å². The normalized spacial score (nSPS) is 24.2. The van der Waals surface area contributed by atoms with Crippen molar-refractivity contribution in [1.82, 2.24) is 0 Å². The Morgan fingerprint density at radius 2 is 1.57 bits per heavy atom. The molecule has 9 heteroatoms. The Kier molecular flexibility index (Phi) is 5.38. The number of benzene rings is 3. The van der Waals surface area contributed by atoms with Crippen molar-refractivity contribution in [2.24, 2.45) is 11.8 Å². The molecule has 37 heavy (non-hydrogen) atoms. The van der Waals surface area contributed by atoms with Gasteiger partial charge in [-0.05, 0) is 42.0 Å². The monoisotopic (exact) mass is 566 g/mol. The predicted molar refractivity (Wildman–Crippen MR) is 135 cm³/mol. The van der Waals surface area contributed by atoms with E-state index < -0.39 is 47.5 Å². The van der Waals surface area contributed by atoms with Crippen molar-refractivity contribution in [1.29, 1.82) is 0 Å². The van der Waals surface area contributed by atoms with Crippen LogP contribution in [0.5, 0.6) is 0 Å². The van der Waals surface area contributed by atoms with Crippen LogP contribution in [0, 0.1) is 11.8 Å². The van der Waals surface area contributed by atoms with Gasteiger partial charge in [0.25, 0.3) is 0 Å². The lowest BCUT2D eigenvalue weighted by molar-refractivity contribution is -0.137. The van der Waals surface area contributed by atoms with Crippen molar-refractivity contribution < 1.29 is 27.6 Å². The number of fused-ring (bicyclic) bond motifs is 5. The molecule has 0 aromatic heterocycles. The van der Waals surface area contributed by atoms with Crippen molar-refractivity contribution in [2.45, 2.75) is 18.3 Å². The van der Waals surface area contributed by atoms with Crippen LogP contribution in [0.1, 0.15) is 21.5 Å². The van der Waals surface area contributed by atoms with Crippen LogP contribution in [0.2, 0.25) is 0 Å². The molecule has 2 amide bonds. The first-order chi connectivity index (χ1) is 17.7. The first-order valence-corrected chi connectivity index (χ1v) is 12.4. The summed E-state index contributed by atoms with van der Waals surface area (Å²) in [4.78, 5) is 44.1. The Labute approximate surface area is 218 Å². The minimum absolute atomic E-state index is 0.152. The zero-order valence-electron chi connectivity index (χ0n) is 19.0. The smallest absolute Gasteiger partial charge is 0.352 e.